The van der Waals surface area contributed by atoms with E-state index >= 15 is 0 Å². The molecule has 6 heteroatoms. The Kier molecular flexibility index (Phi) is 6.07. The molecular weight excluding hydrogens is 411 g/mol. The standard InChI is InChI=1S/C12H14BrIN2O2/c1-3-15-11(17)7-16(2)12(18)9-6-8(14)4-5-10(9)13/h4-6H,3,7H2,1-2H3,(H,15,17). The highest BCUT2D eigenvalue weighted by Crippen LogP contribution is 2.20. The summed E-state index contributed by atoms with van der Waals surface area (Å²) in [7, 11) is 1.61. The lowest BCUT2D eigenvalue weighted by Crippen LogP contribution is -2.38. The summed E-state index contributed by atoms with van der Waals surface area (Å²) in [6.07, 6.45) is 0. The van der Waals surface area contributed by atoms with Gasteiger partial charge in [0, 0.05) is 21.6 Å². The molecule has 0 bridgehead atoms. The minimum Gasteiger partial charge on any atom is -0.355 e. The topological polar surface area (TPSA) is 49.4 Å². The van der Waals surface area contributed by atoms with Crippen LogP contribution in [0.3, 0.4) is 0 Å². The van der Waals surface area contributed by atoms with Crippen molar-refractivity contribution in [2.24, 2.45) is 0 Å². The second kappa shape index (κ2) is 7.08. The summed E-state index contributed by atoms with van der Waals surface area (Å²) < 4.78 is 1.71. The third-order valence-corrected chi connectivity index (χ3v) is 3.62. The number of amides is 2. The molecule has 0 aliphatic rings. The highest BCUT2D eigenvalue weighted by Gasteiger charge is 2.17. The molecule has 0 aliphatic carbocycles. The van der Waals surface area contributed by atoms with E-state index in [0.717, 1.165) is 8.04 Å². The number of nitrogens with one attached hydrogen (secondary N) is 1. The van der Waals surface area contributed by atoms with Crippen molar-refractivity contribution in [1.29, 1.82) is 0 Å². The van der Waals surface area contributed by atoms with Crippen LogP contribution in [0.2, 0.25) is 0 Å². The molecule has 98 valence electrons. The summed E-state index contributed by atoms with van der Waals surface area (Å²) in [5, 5.41) is 2.66. The lowest BCUT2D eigenvalue weighted by Gasteiger charge is -2.17. The van der Waals surface area contributed by atoms with Crippen LogP contribution in [0.25, 0.3) is 0 Å². The van der Waals surface area contributed by atoms with E-state index in [1.165, 1.54) is 4.90 Å². The molecule has 0 heterocycles. The van der Waals surface area contributed by atoms with Crippen LogP contribution in [-0.4, -0.2) is 36.9 Å². The van der Waals surface area contributed by atoms with Crippen LogP contribution < -0.4 is 5.32 Å². The molecule has 18 heavy (non-hydrogen) atoms. The molecule has 2 amide bonds. The van der Waals surface area contributed by atoms with E-state index in [-0.39, 0.29) is 18.4 Å². The molecule has 0 aromatic heterocycles. The molecule has 0 spiro atoms. The van der Waals surface area contributed by atoms with Crippen molar-refractivity contribution in [3.8, 4) is 0 Å². The second-order valence-corrected chi connectivity index (χ2v) is 5.84. The van der Waals surface area contributed by atoms with Gasteiger partial charge in [-0.1, -0.05) is 0 Å². The van der Waals surface area contributed by atoms with Gasteiger partial charge in [0.1, 0.15) is 0 Å². The smallest absolute Gasteiger partial charge is 0.255 e. The van der Waals surface area contributed by atoms with Gasteiger partial charge in [0.15, 0.2) is 0 Å². The summed E-state index contributed by atoms with van der Waals surface area (Å²) in [4.78, 5) is 25.0. The van der Waals surface area contributed by atoms with Crippen molar-refractivity contribution in [1.82, 2.24) is 10.2 Å². The van der Waals surface area contributed by atoms with Crippen molar-refractivity contribution >= 4 is 50.3 Å². The molecule has 1 aromatic carbocycles. The highest BCUT2D eigenvalue weighted by molar-refractivity contribution is 14.1. The molecule has 0 unspecified atom stereocenters. The Balaban J connectivity index is 2.80. The Bertz CT molecular complexity index is 465. The molecule has 0 fully saturated rings. The van der Waals surface area contributed by atoms with Crippen molar-refractivity contribution in [3.63, 3.8) is 0 Å². The van der Waals surface area contributed by atoms with Crippen molar-refractivity contribution in [3.05, 3.63) is 31.8 Å². The maximum absolute atomic E-state index is 12.2. The lowest BCUT2D eigenvalue weighted by molar-refractivity contribution is -0.121. The predicted molar refractivity (Wildman–Crippen MR) is 82.5 cm³/mol. The van der Waals surface area contributed by atoms with Gasteiger partial charge in [-0.3, -0.25) is 9.59 Å². The zero-order chi connectivity index (χ0) is 13.7. The van der Waals surface area contributed by atoms with E-state index in [1.807, 2.05) is 19.1 Å². The number of rotatable bonds is 4. The number of carbonyl (C=O) groups is 2. The van der Waals surface area contributed by atoms with Gasteiger partial charge < -0.3 is 10.2 Å². The van der Waals surface area contributed by atoms with Gasteiger partial charge in [0.2, 0.25) is 5.91 Å². The normalized spacial score (nSPS) is 10.0. The average molecular weight is 425 g/mol. The number of hydrogen-bond donors (Lipinski definition) is 1. The first-order valence-corrected chi connectivity index (χ1v) is 7.30. The van der Waals surface area contributed by atoms with E-state index in [2.05, 4.69) is 43.8 Å². The number of likely N-dealkylation sites (N-methyl/N-ethyl adjacent to an activating group) is 2. The molecule has 0 aliphatic heterocycles. The molecule has 1 rings (SSSR count). The van der Waals surface area contributed by atoms with Crippen molar-refractivity contribution < 1.29 is 9.59 Å². The predicted octanol–water partition coefficient (Wildman–Crippen LogP) is 2.26. The summed E-state index contributed by atoms with van der Waals surface area (Å²) in [6, 6.07) is 5.53. The van der Waals surface area contributed by atoms with E-state index < -0.39 is 0 Å². The Morgan fingerprint density at radius 2 is 2.11 bits per heavy atom. The lowest BCUT2D eigenvalue weighted by atomic mass is 10.2. The van der Waals surface area contributed by atoms with Gasteiger partial charge in [-0.15, -0.1) is 0 Å². The fraction of sp³-hybridized carbons (Fsp3) is 0.333. The first kappa shape index (κ1) is 15.4. The molecule has 1 N–H and O–H groups in total. The Morgan fingerprint density at radius 3 is 2.72 bits per heavy atom. The van der Waals surface area contributed by atoms with Crippen molar-refractivity contribution in [2.45, 2.75) is 6.92 Å². The Morgan fingerprint density at radius 1 is 1.44 bits per heavy atom. The van der Waals surface area contributed by atoms with Gasteiger partial charge >= 0.3 is 0 Å². The quantitative estimate of drug-likeness (QED) is 0.753. The molecule has 1 aromatic rings. The largest absolute Gasteiger partial charge is 0.355 e. The second-order valence-electron chi connectivity index (χ2n) is 3.74. The summed E-state index contributed by atoms with van der Waals surface area (Å²) in [5.74, 6) is -0.332. The Hall–Kier alpha value is -0.630. The summed E-state index contributed by atoms with van der Waals surface area (Å²) in [6.45, 7) is 2.47. The first-order valence-electron chi connectivity index (χ1n) is 5.43. The van der Waals surface area contributed by atoms with Crippen LogP contribution >= 0.6 is 38.5 Å². The molecule has 0 radical (unpaired) electrons. The molecule has 4 nitrogen and oxygen atoms in total. The molecular formula is C12H14BrIN2O2. The zero-order valence-electron chi connectivity index (χ0n) is 10.2. The van der Waals surface area contributed by atoms with E-state index in [1.54, 1.807) is 13.1 Å². The highest BCUT2D eigenvalue weighted by atomic mass is 127. The number of benzene rings is 1. The van der Waals surface area contributed by atoms with Crippen LogP contribution in [-0.2, 0) is 4.79 Å². The average Bonchev–Trinajstić information content (AvgIpc) is 2.31. The van der Waals surface area contributed by atoms with E-state index in [0.29, 0.717) is 12.1 Å². The number of carbonyl (C=O) groups excluding carboxylic acids is 2. The third-order valence-electron chi connectivity index (χ3n) is 2.26. The van der Waals surface area contributed by atoms with Gasteiger partial charge in [0.25, 0.3) is 5.91 Å². The number of hydrogen-bond acceptors (Lipinski definition) is 2. The summed E-state index contributed by atoms with van der Waals surface area (Å²) in [5.41, 5.74) is 0.564. The molecule has 0 saturated carbocycles. The van der Waals surface area contributed by atoms with Crippen LogP contribution in [0.1, 0.15) is 17.3 Å². The fourth-order valence-electron chi connectivity index (χ4n) is 1.41. The van der Waals surface area contributed by atoms with Crippen LogP contribution in [0.5, 0.6) is 0 Å². The zero-order valence-corrected chi connectivity index (χ0v) is 13.9. The van der Waals surface area contributed by atoms with Crippen LogP contribution in [0.4, 0.5) is 0 Å². The summed E-state index contributed by atoms with van der Waals surface area (Å²) >= 11 is 5.49. The van der Waals surface area contributed by atoms with Crippen LogP contribution in [0, 0.1) is 3.57 Å². The molecule has 0 atom stereocenters. The Labute approximate surface area is 128 Å². The minimum atomic E-state index is -0.174. The minimum absolute atomic E-state index is 0.0601. The third kappa shape index (κ3) is 4.24. The van der Waals surface area contributed by atoms with E-state index in [4.69, 9.17) is 0 Å². The van der Waals surface area contributed by atoms with E-state index in [9.17, 15) is 9.59 Å². The fourth-order valence-corrected chi connectivity index (χ4v) is 2.31. The van der Waals surface area contributed by atoms with Gasteiger partial charge in [-0.2, -0.15) is 0 Å². The van der Waals surface area contributed by atoms with Crippen LogP contribution in [0.15, 0.2) is 22.7 Å². The number of halogens is 2. The maximum Gasteiger partial charge on any atom is 0.255 e. The van der Waals surface area contributed by atoms with Gasteiger partial charge in [0.05, 0.1) is 12.1 Å². The SMILES string of the molecule is CCNC(=O)CN(C)C(=O)c1cc(I)ccc1Br. The monoisotopic (exact) mass is 424 g/mol. The molecule has 0 saturated heterocycles. The number of nitrogens with zero attached hydrogens (tertiary/aromatic N) is 1. The van der Waals surface area contributed by atoms with Crippen molar-refractivity contribution in [2.75, 3.05) is 20.1 Å². The first-order chi connectivity index (χ1) is 8.45. The van der Waals surface area contributed by atoms with Gasteiger partial charge in [-0.05, 0) is 63.6 Å². The maximum atomic E-state index is 12.2. The van der Waals surface area contributed by atoms with Gasteiger partial charge in [-0.25, -0.2) is 0 Å².